The molecule has 1 rings (SSSR count). The summed E-state index contributed by atoms with van der Waals surface area (Å²) in [6.07, 6.45) is 5.11. The number of hydrogen-bond acceptors (Lipinski definition) is 2. The zero-order valence-corrected chi connectivity index (χ0v) is 8.49. The van der Waals surface area contributed by atoms with E-state index in [1.807, 2.05) is 0 Å². The van der Waals surface area contributed by atoms with Crippen LogP contribution in [-0.2, 0) is 6.42 Å². The van der Waals surface area contributed by atoms with Crippen LogP contribution in [0.3, 0.4) is 0 Å². The van der Waals surface area contributed by atoms with Gasteiger partial charge in [-0.25, -0.2) is 0 Å². The number of carbonyl (C=O) groups is 1. The average molecular weight is 192 g/mol. The molecule has 0 fully saturated rings. The van der Waals surface area contributed by atoms with Gasteiger partial charge in [-0.15, -0.1) is 0 Å². The van der Waals surface area contributed by atoms with E-state index < -0.39 is 0 Å². The van der Waals surface area contributed by atoms with Crippen molar-refractivity contribution < 1.29 is 9.90 Å². The summed E-state index contributed by atoms with van der Waals surface area (Å²) >= 11 is 0. The van der Waals surface area contributed by atoms with Gasteiger partial charge in [0.1, 0.15) is 12.0 Å². The van der Waals surface area contributed by atoms with Crippen LogP contribution in [0.15, 0.2) is 18.2 Å². The van der Waals surface area contributed by atoms with Crippen LogP contribution < -0.4 is 0 Å². The van der Waals surface area contributed by atoms with Crippen molar-refractivity contribution in [1.82, 2.24) is 0 Å². The first kappa shape index (κ1) is 10.8. The molecule has 1 N–H and O–H groups in total. The van der Waals surface area contributed by atoms with E-state index in [2.05, 4.69) is 6.92 Å². The molecule has 0 atom stereocenters. The lowest BCUT2D eigenvalue weighted by Gasteiger charge is -2.04. The lowest BCUT2D eigenvalue weighted by atomic mass is 10.0. The van der Waals surface area contributed by atoms with E-state index >= 15 is 0 Å². The van der Waals surface area contributed by atoms with Crippen molar-refractivity contribution in [2.75, 3.05) is 0 Å². The van der Waals surface area contributed by atoms with E-state index in [1.165, 1.54) is 0 Å². The van der Waals surface area contributed by atoms with Crippen molar-refractivity contribution >= 4 is 6.29 Å². The van der Waals surface area contributed by atoms with Gasteiger partial charge in [0.2, 0.25) is 0 Å². The van der Waals surface area contributed by atoms with E-state index in [-0.39, 0.29) is 5.75 Å². The molecule has 0 aliphatic rings. The maximum Gasteiger partial charge on any atom is 0.150 e. The molecule has 0 spiro atoms. The molecule has 0 amide bonds. The van der Waals surface area contributed by atoms with Gasteiger partial charge in [0, 0.05) is 5.56 Å². The van der Waals surface area contributed by atoms with Gasteiger partial charge >= 0.3 is 0 Å². The second-order valence-electron chi connectivity index (χ2n) is 3.46. The van der Waals surface area contributed by atoms with Gasteiger partial charge in [-0.3, -0.25) is 4.79 Å². The Labute approximate surface area is 84.6 Å². The Kier molecular flexibility index (Phi) is 4.17. The van der Waals surface area contributed by atoms with Gasteiger partial charge < -0.3 is 5.11 Å². The minimum Gasteiger partial charge on any atom is -0.508 e. The zero-order valence-electron chi connectivity index (χ0n) is 8.49. The molecular weight excluding hydrogens is 176 g/mol. The lowest BCUT2D eigenvalue weighted by Crippen LogP contribution is -1.92. The molecule has 76 valence electrons. The van der Waals surface area contributed by atoms with Gasteiger partial charge in [-0.05, 0) is 36.6 Å². The molecular formula is C12H16O2. The molecule has 0 saturated heterocycles. The van der Waals surface area contributed by atoms with E-state index in [0.29, 0.717) is 5.56 Å². The molecule has 0 radical (unpaired) electrons. The second-order valence-corrected chi connectivity index (χ2v) is 3.46. The fourth-order valence-corrected chi connectivity index (χ4v) is 1.49. The normalized spacial score (nSPS) is 10.1. The maximum absolute atomic E-state index is 10.7. The van der Waals surface area contributed by atoms with Crippen LogP contribution in [0.1, 0.15) is 42.1 Å². The van der Waals surface area contributed by atoms with E-state index in [1.54, 1.807) is 18.2 Å². The number of aryl methyl sites for hydroxylation is 1. The van der Waals surface area contributed by atoms with Crippen molar-refractivity contribution in [1.29, 1.82) is 0 Å². The summed E-state index contributed by atoms with van der Waals surface area (Å²) in [5, 5.41) is 9.27. The standard InChI is InChI=1S/C12H16O2/c1-2-3-4-5-10-8-12(14)7-6-11(10)9-13/h6-9,14H,2-5H2,1H3. The Morgan fingerprint density at radius 2 is 2.14 bits per heavy atom. The fraction of sp³-hybridized carbons (Fsp3) is 0.417. The number of rotatable bonds is 5. The van der Waals surface area contributed by atoms with Crippen molar-refractivity contribution in [3.63, 3.8) is 0 Å². The van der Waals surface area contributed by atoms with Gasteiger partial charge in [-0.1, -0.05) is 19.8 Å². The smallest absolute Gasteiger partial charge is 0.150 e. The molecule has 0 bridgehead atoms. The summed E-state index contributed by atoms with van der Waals surface area (Å²) in [6, 6.07) is 4.90. The Hall–Kier alpha value is -1.31. The first-order valence-electron chi connectivity index (χ1n) is 5.05. The van der Waals surface area contributed by atoms with Gasteiger partial charge in [0.25, 0.3) is 0 Å². The summed E-state index contributed by atoms with van der Waals surface area (Å²) in [5.41, 5.74) is 1.65. The molecule has 0 aliphatic heterocycles. The van der Waals surface area contributed by atoms with Crippen LogP contribution in [-0.4, -0.2) is 11.4 Å². The molecule has 0 unspecified atom stereocenters. The average Bonchev–Trinajstić information content (AvgIpc) is 2.19. The van der Waals surface area contributed by atoms with Crippen LogP contribution in [0.5, 0.6) is 5.75 Å². The van der Waals surface area contributed by atoms with Gasteiger partial charge in [0.05, 0.1) is 0 Å². The summed E-state index contributed by atoms with van der Waals surface area (Å²) in [5.74, 6) is 0.238. The third-order valence-electron chi connectivity index (χ3n) is 2.30. The number of phenols is 1. The van der Waals surface area contributed by atoms with E-state index in [9.17, 15) is 9.90 Å². The Morgan fingerprint density at radius 1 is 1.36 bits per heavy atom. The third-order valence-corrected chi connectivity index (χ3v) is 2.30. The summed E-state index contributed by atoms with van der Waals surface area (Å²) < 4.78 is 0. The summed E-state index contributed by atoms with van der Waals surface area (Å²) in [4.78, 5) is 10.7. The molecule has 14 heavy (non-hydrogen) atoms. The van der Waals surface area contributed by atoms with Crippen LogP contribution in [0.4, 0.5) is 0 Å². The third kappa shape index (κ3) is 2.87. The zero-order chi connectivity index (χ0) is 10.4. The molecule has 0 aromatic heterocycles. The number of aldehydes is 1. The van der Waals surface area contributed by atoms with Crippen molar-refractivity contribution in [3.8, 4) is 5.75 Å². The molecule has 0 aliphatic carbocycles. The largest absolute Gasteiger partial charge is 0.508 e. The number of phenolic OH excluding ortho intramolecular Hbond substituents is 1. The first-order chi connectivity index (χ1) is 6.77. The predicted molar refractivity (Wildman–Crippen MR) is 56.7 cm³/mol. The predicted octanol–water partition coefficient (Wildman–Crippen LogP) is 2.94. The van der Waals surface area contributed by atoms with Crippen molar-refractivity contribution in [3.05, 3.63) is 29.3 Å². The monoisotopic (exact) mass is 192 g/mol. The van der Waals surface area contributed by atoms with E-state index in [4.69, 9.17) is 0 Å². The van der Waals surface area contributed by atoms with Crippen LogP contribution in [0.2, 0.25) is 0 Å². The van der Waals surface area contributed by atoms with Gasteiger partial charge in [0.15, 0.2) is 0 Å². The number of carbonyl (C=O) groups excluding carboxylic acids is 1. The van der Waals surface area contributed by atoms with Gasteiger partial charge in [-0.2, -0.15) is 0 Å². The van der Waals surface area contributed by atoms with E-state index in [0.717, 1.165) is 37.5 Å². The quantitative estimate of drug-likeness (QED) is 0.575. The molecule has 0 saturated carbocycles. The van der Waals surface area contributed by atoms with Crippen LogP contribution in [0, 0.1) is 0 Å². The Balaban J connectivity index is 2.72. The molecule has 1 aromatic rings. The van der Waals surface area contributed by atoms with Crippen molar-refractivity contribution in [2.24, 2.45) is 0 Å². The summed E-state index contributed by atoms with van der Waals surface area (Å²) in [7, 11) is 0. The summed E-state index contributed by atoms with van der Waals surface area (Å²) in [6.45, 7) is 2.14. The minimum atomic E-state index is 0.238. The highest BCUT2D eigenvalue weighted by molar-refractivity contribution is 5.77. The van der Waals surface area contributed by atoms with Crippen LogP contribution in [0.25, 0.3) is 0 Å². The highest BCUT2D eigenvalue weighted by atomic mass is 16.3. The van der Waals surface area contributed by atoms with Crippen LogP contribution >= 0.6 is 0 Å². The first-order valence-corrected chi connectivity index (χ1v) is 5.05. The Morgan fingerprint density at radius 3 is 2.79 bits per heavy atom. The maximum atomic E-state index is 10.7. The molecule has 0 heterocycles. The SMILES string of the molecule is CCCCCc1cc(O)ccc1C=O. The number of hydrogen-bond donors (Lipinski definition) is 1. The number of benzene rings is 1. The molecule has 2 nitrogen and oxygen atoms in total. The number of unbranched alkanes of at least 4 members (excludes halogenated alkanes) is 2. The minimum absolute atomic E-state index is 0.238. The molecule has 1 aromatic carbocycles. The lowest BCUT2D eigenvalue weighted by molar-refractivity contribution is 0.112. The molecule has 2 heteroatoms. The fourth-order valence-electron chi connectivity index (χ4n) is 1.49. The number of aromatic hydroxyl groups is 1. The Bertz CT molecular complexity index is 305. The highest BCUT2D eigenvalue weighted by Gasteiger charge is 2.02. The second kappa shape index (κ2) is 5.43. The highest BCUT2D eigenvalue weighted by Crippen LogP contribution is 2.17. The topological polar surface area (TPSA) is 37.3 Å². The van der Waals surface area contributed by atoms with Crippen molar-refractivity contribution in [2.45, 2.75) is 32.6 Å².